The maximum absolute atomic E-state index is 13.4. The molecule has 0 unspecified atom stereocenters. The summed E-state index contributed by atoms with van der Waals surface area (Å²) in [6.45, 7) is 3.57. The molecule has 3 nitrogen and oxygen atoms in total. The van der Waals surface area contributed by atoms with E-state index in [0.29, 0.717) is 0 Å². The van der Waals surface area contributed by atoms with Gasteiger partial charge in [-0.25, -0.2) is 4.39 Å². The lowest BCUT2D eigenvalue weighted by Gasteiger charge is -2.21. The molecule has 1 aromatic carbocycles. The molecule has 96 valence electrons. The van der Waals surface area contributed by atoms with Crippen LogP contribution in [0.2, 0.25) is 5.02 Å². The van der Waals surface area contributed by atoms with Crippen LogP contribution in [0.1, 0.15) is 13.8 Å². The van der Waals surface area contributed by atoms with Crippen LogP contribution in [-0.2, 0) is 4.79 Å². The fourth-order valence-corrected chi connectivity index (χ4v) is 1.13. The molecule has 0 spiro atoms. The average molecular weight is 281 g/mol. The third-order valence-corrected chi connectivity index (χ3v) is 2.54. The number of amides is 1. The Hall–Kier alpha value is -0.840. The molecule has 17 heavy (non-hydrogen) atoms. The van der Waals surface area contributed by atoms with Crippen molar-refractivity contribution in [3.05, 3.63) is 29.0 Å². The number of hydrogen-bond donors (Lipinski definition) is 2. The molecular formula is C11H15Cl2FN2O. The van der Waals surface area contributed by atoms with Gasteiger partial charge in [-0.15, -0.1) is 12.4 Å². The lowest BCUT2D eigenvalue weighted by atomic mass is 9.92. The van der Waals surface area contributed by atoms with E-state index in [1.165, 1.54) is 12.1 Å². The minimum Gasteiger partial charge on any atom is -0.329 e. The number of halogens is 3. The summed E-state index contributed by atoms with van der Waals surface area (Å²) in [5.41, 5.74) is 4.82. The minimum absolute atomic E-state index is 0. The van der Waals surface area contributed by atoms with Crippen LogP contribution in [0.5, 0.6) is 0 Å². The molecule has 0 atom stereocenters. The Morgan fingerprint density at radius 2 is 2.12 bits per heavy atom. The Bertz CT molecular complexity index is 410. The summed E-state index contributed by atoms with van der Waals surface area (Å²) in [7, 11) is 0. The van der Waals surface area contributed by atoms with E-state index < -0.39 is 11.2 Å². The Kier molecular flexibility index (Phi) is 5.88. The Labute approximate surface area is 111 Å². The predicted octanol–water partition coefficient (Wildman–Crippen LogP) is 2.82. The zero-order valence-electron chi connectivity index (χ0n) is 9.59. The second-order valence-corrected chi connectivity index (χ2v) is 4.60. The SMILES string of the molecule is CC(C)(CN)C(=O)Nc1ccc(Cl)cc1F.Cl. The molecule has 0 saturated carbocycles. The van der Waals surface area contributed by atoms with Crippen molar-refractivity contribution in [2.75, 3.05) is 11.9 Å². The monoisotopic (exact) mass is 280 g/mol. The Morgan fingerprint density at radius 3 is 2.59 bits per heavy atom. The number of anilines is 1. The van der Waals surface area contributed by atoms with Crippen LogP contribution in [0.3, 0.4) is 0 Å². The van der Waals surface area contributed by atoms with Gasteiger partial charge in [0.25, 0.3) is 0 Å². The first kappa shape index (κ1) is 16.2. The first-order chi connectivity index (χ1) is 7.36. The molecule has 0 saturated heterocycles. The molecule has 0 aromatic heterocycles. The Balaban J connectivity index is 0.00000256. The maximum atomic E-state index is 13.4. The van der Waals surface area contributed by atoms with Crippen LogP contribution < -0.4 is 11.1 Å². The van der Waals surface area contributed by atoms with Crippen LogP contribution in [-0.4, -0.2) is 12.5 Å². The van der Waals surface area contributed by atoms with Gasteiger partial charge in [-0.1, -0.05) is 11.6 Å². The van der Waals surface area contributed by atoms with Gasteiger partial charge in [0.05, 0.1) is 11.1 Å². The van der Waals surface area contributed by atoms with Gasteiger partial charge in [-0.3, -0.25) is 4.79 Å². The minimum atomic E-state index is -0.730. The molecule has 0 fully saturated rings. The van der Waals surface area contributed by atoms with Crippen molar-refractivity contribution in [2.24, 2.45) is 11.1 Å². The standard InChI is InChI=1S/C11H14ClFN2O.ClH/c1-11(2,6-14)10(16)15-9-4-3-7(12)5-8(9)13;/h3-5H,6,14H2,1-2H3,(H,15,16);1H. The van der Waals surface area contributed by atoms with Crippen molar-refractivity contribution >= 4 is 35.6 Å². The van der Waals surface area contributed by atoms with Gasteiger partial charge in [0.2, 0.25) is 5.91 Å². The second kappa shape index (κ2) is 6.19. The van der Waals surface area contributed by atoms with Crippen molar-refractivity contribution in [2.45, 2.75) is 13.8 Å². The first-order valence-electron chi connectivity index (χ1n) is 4.83. The summed E-state index contributed by atoms with van der Waals surface area (Å²) in [5.74, 6) is -0.884. The highest BCUT2D eigenvalue weighted by molar-refractivity contribution is 6.30. The lowest BCUT2D eigenvalue weighted by Crippen LogP contribution is -2.37. The number of nitrogens with one attached hydrogen (secondary N) is 1. The summed E-state index contributed by atoms with van der Waals surface area (Å²) in [6.07, 6.45) is 0. The number of carbonyl (C=O) groups excluding carboxylic acids is 1. The highest BCUT2D eigenvalue weighted by Gasteiger charge is 2.26. The molecule has 3 N–H and O–H groups in total. The molecular weight excluding hydrogens is 266 g/mol. The van der Waals surface area contributed by atoms with Crippen molar-refractivity contribution in [3.8, 4) is 0 Å². The zero-order chi connectivity index (χ0) is 12.3. The van der Waals surface area contributed by atoms with Crippen LogP contribution in [0.25, 0.3) is 0 Å². The van der Waals surface area contributed by atoms with E-state index in [4.69, 9.17) is 17.3 Å². The van der Waals surface area contributed by atoms with Gasteiger partial charge < -0.3 is 11.1 Å². The van der Waals surface area contributed by atoms with Crippen LogP contribution in [0.15, 0.2) is 18.2 Å². The number of carbonyl (C=O) groups is 1. The smallest absolute Gasteiger partial charge is 0.231 e. The predicted molar refractivity (Wildman–Crippen MR) is 70.1 cm³/mol. The van der Waals surface area contributed by atoms with Crippen LogP contribution in [0.4, 0.5) is 10.1 Å². The molecule has 1 amide bonds. The summed E-state index contributed by atoms with van der Waals surface area (Å²) in [4.78, 5) is 11.7. The summed E-state index contributed by atoms with van der Waals surface area (Å²) in [5, 5.41) is 2.76. The largest absolute Gasteiger partial charge is 0.329 e. The van der Waals surface area contributed by atoms with E-state index >= 15 is 0 Å². The molecule has 0 heterocycles. The first-order valence-corrected chi connectivity index (χ1v) is 5.21. The molecule has 0 radical (unpaired) electrons. The molecule has 1 aromatic rings. The summed E-state index contributed by atoms with van der Waals surface area (Å²) < 4.78 is 13.4. The highest BCUT2D eigenvalue weighted by Crippen LogP contribution is 2.22. The molecule has 6 heteroatoms. The van der Waals surface area contributed by atoms with Gasteiger partial charge >= 0.3 is 0 Å². The average Bonchev–Trinajstić information content (AvgIpc) is 2.22. The van der Waals surface area contributed by atoms with Gasteiger partial charge in [0.1, 0.15) is 5.82 Å². The van der Waals surface area contributed by atoms with E-state index in [1.807, 2.05) is 0 Å². The highest BCUT2D eigenvalue weighted by atomic mass is 35.5. The molecule has 0 aliphatic carbocycles. The van der Waals surface area contributed by atoms with E-state index in [2.05, 4.69) is 5.32 Å². The van der Waals surface area contributed by atoms with E-state index in [1.54, 1.807) is 13.8 Å². The van der Waals surface area contributed by atoms with Crippen molar-refractivity contribution in [3.63, 3.8) is 0 Å². The third kappa shape index (κ3) is 4.15. The molecule has 0 bridgehead atoms. The van der Waals surface area contributed by atoms with E-state index in [9.17, 15) is 9.18 Å². The van der Waals surface area contributed by atoms with Crippen LogP contribution >= 0.6 is 24.0 Å². The van der Waals surface area contributed by atoms with Crippen molar-refractivity contribution in [1.82, 2.24) is 0 Å². The number of hydrogen-bond acceptors (Lipinski definition) is 2. The van der Waals surface area contributed by atoms with E-state index in [-0.39, 0.29) is 35.6 Å². The van der Waals surface area contributed by atoms with Gasteiger partial charge in [-0.05, 0) is 32.0 Å². The summed E-state index contributed by atoms with van der Waals surface area (Å²) in [6, 6.07) is 4.07. The van der Waals surface area contributed by atoms with Crippen molar-refractivity contribution in [1.29, 1.82) is 0 Å². The second-order valence-electron chi connectivity index (χ2n) is 4.17. The zero-order valence-corrected chi connectivity index (χ0v) is 11.2. The number of benzene rings is 1. The number of rotatable bonds is 3. The Morgan fingerprint density at radius 1 is 1.53 bits per heavy atom. The quantitative estimate of drug-likeness (QED) is 0.895. The van der Waals surface area contributed by atoms with Gasteiger partial charge in [0, 0.05) is 11.6 Å². The fourth-order valence-electron chi connectivity index (χ4n) is 0.975. The van der Waals surface area contributed by atoms with E-state index in [0.717, 1.165) is 6.07 Å². The molecule has 1 rings (SSSR count). The van der Waals surface area contributed by atoms with Gasteiger partial charge in [-0.2, -0.15) is 0 Å². The lowest BCUT2D eigenvalue weighted by molar-refractivity contribution is -0.123. The normalized spacial score (nSPS) is 10.6. The van der Waals surface area contributed by atoms with Crippen LogP contribution in [0, 0.1) is 11.2 Å². The van der Waals surface area contributed by atoms with Gasteiger partial charge in [0.15, 0.2) is 0 Å². The number of nitrogens with two attached hydrogens (primary N) is 1. The summed E-state index contributed by atoms with van der Waals surface area (Å²) >= 11 is 5.60. The topological polar surface area (TPSA) is 55.1 Å². The third-order valence-electron chi connectivity index (χ3n) is 2.30. The maximum Gasteiger partial charge on any atom is 0.231 e. The van der Waals surface area contributed by atoms with Crippen molar-refractivity contribution < 1.29 is 9.18 Å². The fraction of sp³-hybridized carbons (Fsp3) is 0.364. The molecule has 0 aliphatic heterocycles. The molecule has 0 aliphatic rings.